The van der Waals surface area contributed by atoms with Crippen molar-refractivity contribution in [1.82, 2.24) is 4.90 Å². The Morgan fingerprint density at radius 3 is 2.89 bits per heavy atom. The molecule has 1 amide bonds. The summed E-state index contributed by atoms with van der Waals surface area (Å²) in [5.41, 5.74) is 1.13. The molecule has 1 aromatic rings. The molecule has 19 heavy (non-hydrogen) atoms. The van der Waals surface area contributed by atoms with Crippen molar-refractivity contribution < 1.29 is 19.4 Å². The van der Waals surface area contributed by atoms with Crippen LogP contribution in [0.15, 0.2) is 11.4 Å². The number of carboxylic acid groups (broad SMARTS) is 1. The molecule has 0 spiro atoms. The third-order valence-electron chi connectivity index (χ3n) is 3.54. The summed E-state index contributed by atoms with van der Waals surface area (Å²) in [6.07, 6.45) is 1.40. The molecule has 1 saturated carbocycles. The number of aliphatic carboxylic acids is 1. The van der Waals surface area contributed by atoms with E-state index in [-0.39, 0.29) is 19.1 Å². The summed E-state index contributed by atoms with van der Waals surface area (Å²) >= 11 is 1.45. The van der Waals surface area contributed by atoms with E-state index in [9.17, 15) is 9.59 Å². The molecule has 102 valence electrons. The van der Waals surface area contributed by atoms with Crippen LogP contribution in [0.5, 0.6) is 0 Å². The molecule has 1 aromatic heterocycles. The van der Waals surface area contributed by atoms with E-state index in [4.69, 9.17) is 9.84 Å². The van der Waals surface area contributed by atoms with Crippen molar-refractivity contribution >= 4 is 23.2 Å². The predicted octanol–water partition coefficient (Wildman–Crippen LogP) is 1.55. The zero-order valence-corrected chi connectivity index (χ0v) is 11.2. The molecule has 3 rings (SSSR count). The van der Waals surface area contributed by atoms with Crippen LogP contribution in [-0.2, 0) is 9.53 Å². The third kappa shape index (κ3) is 2.50. The van der Waals surface area contributed by atoms with Gasteiger partial charge < -0.3 is 14.7 Å². The van der Waals surface area contributed by atoms with E-state index in [0.717, 1.165) is 23.3 Å². The number of carboxylic acids is 1. The quantitative estimate of drug-likeness (QED) is 0.913. The largest absolute Gasteiger partial charge is 0.479 e. The molecule has 5 nitrogen and oxygen atoms in total. The van der Waals surface area contributed by atoms with Gasteiger partial charge in [-0.3, -0.25) is 4.79 Å². The van der Waals surface area contributed by atoms with E-state index in [1.807, 2.05) is 11.4 Å². The Balaban J connectivity index is 1.75. The summed E-state index contributed by atoms with van der Waals surface area (Å²) in [4.78, 5) is 25.8. The number of carbonyl (C=O) groups is 2. The van der Waals surface area contributed by atoms with Crippen molar-refractivity contribution in [3.8, 4) is 0 Å². The van der Waals surface area contributed by atoms with E-state index in [0.29, 0.717) is 12.5 Å². The first-order valence-corrected chi connectivity index (χ1v) is 7.26. The summed E-state index contributed by atoms with van der Waals surface area (Å²) in [5, 5.41) is 10.9. The van der Waals surface area contributed by atoms with E-state index in [2.05, 4.69) is 0 Å². The van der Waals surface area contributed by atoms with E-state index >= 15 is 0 Å². The van der Waals surface area contributed by atoms with Crippen molar-refractivity contribution in [2.24, 2.45) is 0 Å². The maximum atomic E-state index is 12.5. The minimum atomic E-state index is -1.01. The monoisotopic (exact) mass is 281 g/mol. The van der Waals surface area contributed by atoms with Crippen LogP contribution in [0.2, 0.25) is 0 Å². The Labute approximate surface area is 114 Å². The van der Waals surface area contributed by atoms with Gasteiger partial charge in [0.05, 0.1) is 18.0 Å². The maximum absolute atomic E-state index is 12.5. The van der Waals surface area contributed by atoms with Crippen molar-refractivity contribution in [2.45, 2.75) is 24.9 Å². The lowest BCUT2D eigenvalue weighted by Gasteiger charge is -2.30. The highest BCUT2D eigenvalue weighted by molar-refractivity contribution is 7.12. The Hall–Kier alpha value is -1.40. The van der Waals surface area contributed by atoms with Gasteiger partial charge >= 0.3 is 5.97 Å². The number of amides is 1. The highest BCUT2D eigenvalue weighted by atomic mass is 32.1. The standard InChI is InChI=1S/C13H15NO4S/c15-12(11-9(3-6-19-11)8-1-2-8)14-4-5-18-10(7-14)13(16)17/h3,6,8,10H,1-2,4-5,7H2,(H,16,17). The van der Waals surface area contributed by atoms with Gasteiger partial charge in [0.1, 0.15) is 0 Å². The van der Waals surface area contributed by atoms with Crippen LogP contribution in [0.4, 0.5) is 0 Å². The maximum Gasteiger partial charge on any atom is 0.334 e. The number of hydrogen-bond acceptors (Lipinski definition) is 4. The number of rotatable bonds is 3. The normalized spacial score (nSPS) is 23.4. The first-order valence-electron chi connectivity index (χ1n) is 6.38. The molecule has 2 heterocycles. The number of morpholine rings is 1. The van der Waals surface area contributed by atoms with Gasteiger partial charge in [-0.05, 0) is 35.8 Å². The van der Waals surface area contributed by atoms with Crippen LogP contribution in [0.25, 0.3) is 0 Å². The molecule has 1 aliphatic heterocycles. The SMILES string of the molecule is O=C(O)C1CN(C(=O)c2sccc2C2CC2)CCO1. The fraction of sp³-hybridized carbons (Fsp3) is 0.538. The van der Waals surface area contributed by atoms with Crippen LogP contribution in [0.3, 0.4) is 0 Å². The molecule has 1 N–H and O–H groups in total. The zero-order chi connectivity index (χ0) is 13.4. The highest BCUT2D eigenvalue weighted by Gasteiger charge is 2.33. The van der Waals surface area contributed by atoms with Gasteiger partial charge in [-0.2, -0.15) is 0 Å². The fourth-order valence-electron chi connectivity index (χ4n) is 2.34. The highest BCUT2D eigenvalue weighted by Crippen LogP contribution is 2.43. The Morgan fingerprint density at radius 2 is 2.21 bits per heavy atom. The van der Waals surface area contributed by atoms with Crippen molar-refractivity contribution in [3.05, 3.63) is 21.9 Å². The molecule has 6 heteroatoms. The summed E-state index contributed by atoms with van der Waals surface area (Å²) in [7, 11) is 0. The topological polar surface area (TPSA) is 66.8 Å². The number of nitrogens with zero attached hydrogens (tertiary/aromatic N) is 1. The lowest BCUT2D eigenvalue weighted by molar-refractivity contribution is -0.154. The van der Waals surface area contributed by atoms with Gasteiger partial charge in [0, 0.05) is 6.54 Å². The van der Waals surface area contributed by atoms with E-state index < -0.39 is 12.1 Å². The minimum absolute atomic E-state index is 0.0496. The molecule has 2 aliphatic rings. The summed E-state index contributed by atoms with van der Waals surface area (Å²) in [6, 6.07) is 2.02. The summed E-state index contributed by atoms with van der Waals surface area (Å²) in [5.74, 6) is -0.529. The van der Waals surface area contributed by atoms with Crippen LogP contribution in [0.1, 0.15) is 34.0 Å². The van der Waals surface area contributed by atoms with Gasteiger partial charge in [0.25, 0.3) is 5.91 Å². The fourth-order valence-corrected chi connectivity index (χ4v) is 3.29. The van der Waals surface area contributed by atoms with Crippen LogP contribution < -0.4 is 0 Å². The molecule has 1 atom stereocenters. The molecular formula is C13H15NO4S. The molecule has 1 aliphatic carbocycles. The Morgan fingerprint density at radius 1 is 1.42 bits per heavy atom. The van der Waals surface area contributed by atoms with Crippen LogP contribution >= 0.6 is 11.3 Å². The summed E-state index contributed by atoms with van der Waals surface area (Å²) in [6.45, 7) is 0.883. The summed E-state index contributed by atoms with van der Waals surface area (Å²) < 4.78 is 5.14. The molecule has 0 radical (unpaired) electrons. The van der Waals surface area contributed by atoms with Crippen molar-refractivity contribution in [1.29, 1.82) is 0 Å². The molecule has 1 unspecified atom stereocenters. The van der Waals surface area contributed by atoms with Crippen LogP contribution in [0, 0.1) is 0 Å². The van der Waals surface area contributed by atoms with Crippen LogP contribution in [-0.4, -0.2) is 47.7 Å². The first kappa shape index (κ1) is 12.6. The average molecular weight is 281 g/mol. The smallest absolute Gasteiger partial charge is 0.334 e. The van der Waals surface area contributed by atoms with E-state index in [1.54, 1.807) is 4.90 Å². The predicted molar refractivity (Wildman–Crippen MR) is 69.6 cm³/mol. The lowest BCUT2D eigenvalue weighted by Crippen LogP contribution is -2.48. The Bertz CT molecular complexity index is 508. The van der Waals surface area contributed by atoms with Crippen molar-refractivity contribution in [2.75, 3.05) is 19.7 Å². The average Bonchev–Trinajstić information content (AvgIpc) is 3.15. The van der Waals surface area contributed by atoms with Gasteiger partial charge in [-0.15, -0.1) is 11.3 Å². The minimum Gasteiger partial charge on any atom is -0.479 e. The number of ether oxygens (including phenoxy) is 1. The first-order chi connectivity index (χ1) is 9.16. The molecular weight excluding hydrogens is 266 g/mol. The second-order valence-corrected chi connectivity index (χ2v) is 5.84. The lowest BCUT2D eigenvalue weighted by atomic mass is 10.1. The molecule has 1 saturated heterocycles. The van der Waals surface area contributed by atoms with Gasteiger partial charge in [0.2, 0.25) is 0 Å². The molecule has 0 bridgehead atoms. The van der Waals surface area contributed by atoms with Gasteiger partial charge in [-0.1, -0.05) is 0 Å². The third-order valence-corrected chi connectivity index (χ3v) is 4.45. The molecule has 2 fully saturated rings. The second-order valence-electron chi connectivity index (χ2n) is 4.93. The number of hydrogen-bond donors (Lipinski definition) is 1. The zero-order valence-electron chi connectivity index (χ0n) is 10.4. The second kappa shape index (κ2) is 4.94. The Kier molecular flexibility index (Phi) is 3.28. The molecule has 0 aromatic carbocycles. The number of carbonyl (C=O) groups excluding carboxylic acids is 1. The van der Waals surface area contributed by atoms with Gasteiger partial charge in [0.15, 0.2) is 6.10 Å². The van der Waals surface area contributed by atoms with Crippen molar-refractivity contribution in [3.63, 3.8) is 0 Å². The number of thiophene rings is 1. The van der Waals surface area contributed by atoms with Gasteiger partial charge in [-0.25, -0.2) is 4.79 Å². The van der Waals surface area contributed by atoms with E-state index in [1.165, 1.54) is 11.3 Å².